The van der Waals surface area contributed by atoms with Crippen LogP contribution in [-0.4, -0.2) is 39.2 Å². The molecule has 1 aromatic heterocycles. The Hall–Kier alpha value is -3.41. The molecule has 0 saturated heterocycles. The summed E-state index contributed by atoms with van der Waals surface area (Å²) in [5.74, 6) is 1.15. The number of aromatic nitrogens is 1. The van der Waals surface area contributed by atoms with E-state index in [4.69, 9.17) is 18.9 Å². The summed E-state index contributed by atoms with van der Waals surface area (Å²) in [6.07, 6.45) is 3.55. The van der Waals surface area contributed by atoms with E-state index in [1.54, 1.807) is 18.2 Å². The number of ether oxygens (including phenoxy) is 4. The van der Waals surface area contributed by atoms with Gasteiger partial charge in [0.2, 0.25) is 11.5 Å². The Morgan fingerprint density at radius 1 is 0.963 bits per heavy atom. The van der Waals surface area contributed by atoms with E-state index in [0.717, 1.165) is 16.5 Å². The van der Waals surface area contributed by atoms with Gasteiger partial charge in [0.05, 0.1) is 28.4 Å². The maximum atomic E-state index is 13.0. The van der Waals surface area contributed by atoms with Gasteiger partial charge >= 0.3 is 0 Å². The molecule has 27 heavy (non-hydrogen) atoms. The van der Waals surface area contributed by atoms with Crippen molar-refractivity contribution < 1.29 is 23.7 Å². The summed E-state index contributed by atoms with van der Waals surface area (Å²) in [7, 11) is 5.99. The van der Waals surface area contributed by atoms with Crippen molar-refractivity contribution in [3.05, 3.63) is 59.5 Å². The average Bonchev–Trinajstić information content (AvgIpc) is 3.13. The van der Waals surface area contributed by atoms with Gasteiger partial charge in [-0.05, 0) is 24.3 Å². The SMILES string of the molecule is COC(=Cc1c[nH]c2ccccc12)C(=O)c1cc(OC)c(OC)c(OC)c1. The molecule has 0 saturated carbocycles. The Kier molecular flexibility index (Phi) is 5.35. The molecule has 0 aliphatic rings. The first-order chi connectivity index (χ1) is 13.1. The van der Waals surface area contributed by atoms with Gasteiger partial charge in [-0.1, -0.05) is 18.2 Å². The summed E-state index contributed by atoms with van der Waals surface area (Å²) in [6, 6.07) is 11.1. The van der Waals surface area contributed by atoms with Crippen LogP contribution in [-0.2, 0) is 4.74 Å². The summed E-state index contributed by atoms with van der Waals surface area (Å²) in [5, 5.41) is 1.00. The standard InChI is InChI=1S/C21H21NO5/c1-24-17(11-14-12-22-16-8-6-5-7-15(14)16)20(23)13-9-18(25-2)21(27-4)19(10-13)26-3/h5-12,22H,1-4H3. The fourth-order valence-electron chi connectivity index (χ4n) is 2.93. The monoisotopic (exact) mass is 367 g/mol. The normalized spacial score (nSPS) is 11.3. The van der Waals surface area contributed by atoms with Crippen molar-refractivity contribution in [3.8, 4) is 17.2 Å². The third-order valence-electron chi connectivity index (χ3n) is 4.28. The van der Waals surface area contributed by atoms with Gasteiger partial charge in [-0.15, -0.1) is 0 Å². The number of hydrogen-bond donors (Lipinski definition) is 1. The number of aromatic amines is 1. The number of allylic oxidation sites excluding steroid dienone is 1. The lowest BCUT2D eigenvalue weighted by atomic mass is 10.1. The molecule has 0 bridgehead atoms. The quantitative estimate of drug-likeness (QED) is 0.387. The Morgan fingerprint density at radius 2 is 1.63 bits per heavy atom. The maximum Gasteiger partial charge on any atom is 0.227 e. The van der Waals surface area contributed by atoms with Crippen molar-refractivity contribution in [2.75, 3.05) is 28.4 Å². The van der Waals surface area contributed by atoms with Gasteiger partial charge in [-0.25, -0.2) is 0 Å². The molecule has 0 atom stereocenters. The number of ketones is 1. The molecule has 2 aromatic carbocycles. The first kappa shape index (κ1) is 18.4. The van der Waals surface area contributed by atoms with Crippen LogP contribution < -0.4 is 14.2 Å². The second-order valence-corrected chi connectivity index (χ2v) is 5.75. The van der Waals surface area contributed by atoms with E-state index in [-0.39, 0.29) is 11.5 Å². The summed E-state index contributed by atoms with van der Waals surface area (Å²) in [4.78, 5) is 16.2. The van der Waals surface area contributed by atoms with Gasteiger partial charge in [0.1, 0.15) is 0 Å². The highest BCUT2D eigenvalue weighted by Gasteiger charge is 2.20. The predicted molar refractivity (Wildman–Crippen MR) is 104 cm³/mol. The van der Waals surface area contributed by atoms with E-state index in [2.05, 4.69) is 4.98 Å². The van der Waals surface area contributed by atoms with Crippen molar-refractivity contribution in [1.82, 2.24) is 4.98 Å². The molecule has 0 aliphatic heterocycles. The number of carbonyl (C=O) groups excluding carboxylic acids is 1. The van der Waals surface area contributed by atoms with Gasteiger partial charge in [0.25, 0.3) is 0 Å². The summed E-state index contributed by atoms with van der Waals surface area (Å²) in [6.45, 7) is 0. The molecule has 0 amide bonds. The smallest absolute Gasteiger partial charge is 0.227 e. The zero-order valence-corrected chi connectivity index (χ0v) is 15.7. The van der Waals surface area contributed by atoms with Crippen LogP contribution in [0.5, 0.6) is 17.2 Å². The lowest BCUT2D eigenvalue weighted by Gasteiger charge is -2.14. The lowest BCUT2D eigenvalue weighted by Crippen LogP contribution is -2.07. The van der Waals surface area contributed by atoms with Crippen molar-refractivity contribution >= 4 is 22.8 Å². The number of methoxy groups -OCH3 is 4. The Bertz CT molecular complexity index is 978. The van der Waals surface area contributed by atoms with Crippen LogP contribution in [0.3, 0.4) is 0 Å². The third-order valence-corrected chi connectivity index (χ3v) is 4.28. The fourth-order valence-corrected chi connectivity index (χ4v) is 2.93. The molecule has 1 heterocycles. The van der Waals surface area contributed by atoms with E-state index in [1.165, 1.54) is 28.4 Å². The molecule has 6 nitrogen and oxygen atoms in total. The van der Waals surface area contributed by atoms with Gasteiger partial charge in [-0.3, -0.25) is 4.79 Å². The Balaban J connectivity index is 2.05. The van der Waals surface area contributed by atoms with Crippen molar-refractivity contribution in [2.45, 2.75) is 0 Å². The van der Waals surface area contributed by atoms with Crippen LogP contribution in [0, 0.1) is 0 Å². The highest BCUT2D eigenvalue weighted by Crippen LogP contribution is 2.38. The Morgan fingerprint density at radius 3 is 2.22 bits per heavy atom. The van der Waals surface area contributed by atoms with Crippen molar-refractivity contribution in [3.63, 3.8) is 0 Å². The van der Waals surface area contributed by atoms with Crippen LogP contribution in [0.15, 0.2) is 48.4 Å². The molecule has 0 aliphatic carbocycles. The minimum atomic E-state index is -0.290. The first-order valence-electron chi connectivity index (χ1n) is 8.29. The first-order valence-corrected chi connectivity index (χ1v) is 8.29. The second kappa shape index (κ2) is 7.86. The number of benzene rings is 2. The molecular formula is C21H21NO5. The number of hydrogen-bond acceptors (Lipinski definition) is 5. The van der Waals surface area contributed by atoms with E-state index < -0.39 is 0 Å². The zero-order chi connectivity index (χ0) is 19.4. The van der Waals surface area contributed by atoms with Gasteiger partial charge in [0.15, 0.2) is 17.3 Å². The predicted octanol–water partition coefficient (Wildman–Crippen LogP) is 4.06. The molecule has 0 radical (unpaired) electrons. The minimum absolute atomic E-state index is 0.203. The van der Waals surface area contributed by atoms with Crippen LogP contribution in [0.4, 0.5) is 0 Å². The van der Waals surface area contributed by atoms with Gasteiger partial charge in [-0.2, -0.15) is 0 Å². The summed E-state index contributed by atoms with van der Waals surface area (Å²) >= 11 is 0. The summed E-state index contributed by atoms with van der Waals surface area (Å²) < 4.78 is 21.3. The number of carbonyl (C=O) groups is 1. The number of nitrogens with one attached hydrogen (secondary N) is 1. The largest absolute Gasteiger partial charge is 0.493 e. The van der Waals surface area contributed by atoms with Gasteiger partial charge < -0.3 is 23.9 Å². The summed E-state index contributed by atoms with van der Waals surface area (Å²) in [5.41, 5.74) is 2.22. The number of fused-ring (bicyclic) bond motifs is 1. The van der Waals surface area contributed by atoms with E-state index in [9.17, 15) is 4.79 Å². The third kappa shape index (κ3) is 3.46. The topological polar surface area (TPSA) is 69.8 Å². The number of rotatable bonds is 7. The minimum Gasteiger partial charge on any atom is -0.493 e. The molecule has 0 fully saturated rings. The number of para-hydroxylation sites is 1. The molecule has 1 N–H and O–H groups in total. The molecule has 3 rings (SSSR count). The fraction of sp³-hybridized carbons (Fsp3) is 0.190. The Labute approximate surface area is 157 Å². The van der Waals surface area contributed by atoms with Crippen molar-refractivity contribution in [1.29, 1.82) is 0 Å². The molecule has 3 aromatic rings. The number of H-pyrrole nitrogens is 1. The maximum absolute atomic E-state index is 13.0. The molecule has 6 heteroatoms. The molecule has 0 spiro atoms. The molecule has 0 unspecified atom stereocenters. The van der Waals surface area contributed by atoms with Crippen LogP contribution >= 0.6 is 0 Å². The highest BCUT2D eigenvalue weighted by atomic mass is 16.5. The van der Waals surface area contributed by atoms with E-state index >= 15 is 0 Å². The van der Waals surface area contributed by atoms with Gasteiger partial charge in [0, 0.05) is 28.2 Å². The number of Topliss-reactive ketones (excluding diaryl/α,β-unsaturated/α-hetero) is 1. The highest BCUT2D eigenvalue weighted by molar-refractivity contribution is 6.11. The zero-order valence-electron chi connectivity index (χ0n) is 15.7. The lowest BCUT2D eigenvalue weighted by molar-refractivity contribution is 0.0956. The molecule has 140 valence electrons. The average molecular weight is 367 g/mol. The van der Waals surface area contributed by atoms with E-state index in [1.807, 2.05) is 30.5 Å². The van der Waals surface area contributed by atoms with Crippen LogP contribution in [0.2, 0.25) is 0 Å². The second-order valence-electron chi connectivity index (χ2n) is 5.75. The van der Waals surface area contributed by atoms with Crippen molar-refractivity contribution in [2.24, 2.45) is 0 Å². The van der Waals surface area contributed by atoms with Crippen LogP contribution in [0.1, 0.15) is 15.9 Å². The van der Waals surface area contributed by atoms with Crippen LogP contribution in [0.25, 0.3) is 17.0 Å². The van der Waals surface area contributed by atoms with E-state index in [0.29, 0.717) is 22.8 Å². The molecular weight excluding hydrogens is 346 g/mol.